The second-order valence-corrected chi connectivity index (χ2v) is 4.68. The largest absolute Gasteiger partial charge is 0.451 e. The molecule has 98 valence electrons. The number of imidazole rings is 1. The Bertz CT molecular complexity index is 798. The Balaban J connectivity index is 2.33. The van der Waals surface area contributed by atoms with Crippen LogP contribution in [0.5, 0.6) is 0 Å². The minimum Gasteiger partial charge on any atom is -0.451 e. The van der Waals surface area contributed by atoms with Crippen LogP contribution in [-0.2, 0) is 7.05 Å². The van der Waals surface area contributed by atoms with Gasteiger partial charge in [-0.25, -0.2) is 4.98 Å². The van der Waals surface area contributed by atoms with Gasteiger partial charge in [-0.1, -0.05) is 0 Å². The number of anilines is 1. The van der Waals surface area contributed by atoms with Crippen LogP contribution in [-0.4, -0.2) is 34.5 Å². The fourth-order valence-corrected chi connectivity index (χ4v) is 2.17. The van der Waals surface area contributed by atoms with Gasteiger partial charge in [0.2, 0.25) is 5.95 Å². The molecule has 1 aromatic carbocycles. The van der Waals surface area contributed by atoms with E-state index in [2.05, 4.69) is 4.98 Å². The van der Waals surface area contributed by atoms with Crippen molar-refractivity contribution in [3.8, 4) is 0 Å². The second-order valence-electron chi connectivity index (χ2n) is 4.68. The van der Waals surface area contributed by atoms with E-state index in [-0.39, 0.29) is 5.91 Å². The number of carbonyl (C=O) groups excluding carboxylic acids is 1. The number of nitrogens with zero attached hydrogens (tertiary/aromatic N) is 3. The number of amides is 1. The zero-order chi connectivity index (χ0) is 13.7. The highest BCUT2D eigenvalue weighted by Gasteiger charge is 2.17. The molecule has 0 bridgehead atoms. The van der Waals surface area contributed by atoms with E-state index in [0.717, 1.165) is 16.4 Å². The molecule has 0 saturated heterocycles. The van der Waals surface area contributed by atoms with Crippen molar-refractivity contribution in [2.75, 3.05) is 19.8 Å². The molecule has 0 spiro atoms. The Labute approximate surface area is 109 Å². The molecular formula is C13H14N4O2. The van der Waals surface area contributed by atoms with Crippen LogP contribution in [0.3, 0.4) is 0 Å². The maximum atomic E-state index is 11.9. The first-order chi connectivity index (χ1) is 8.99. The molecule has 19 heavy (non-hydrogen) atoms. The van der Waals surface area contributed by atoms with Gasteiger partial charge in [-0.15, -0.1) is 0 Å². The summed E-state index contributed by atoms with van der Waals surface area (Å²) in [7, 11) is 5.21. The maximum absolute atomic E-state index is 11.9. The van der Waals surface area contributed by atoms with Gasteiger partial charge in [-0.05, 0) is 18.2 Å². The van der Waals surface area contributed by atoms with E-state index in [1.807, 2.05) is 13.1 Å². The Morgan fingerprint density at radius 3 is 2.84 bits per heavy atom. The first-order valence-corrected chi connectivity index (χ1v) is 5.85. The fourth-order valence-electron chi connectivity index (χ4n) is 2.17. The summed E-state index contributed by atoms with van der Waals surface area (Å²) >= 11 is 0. The Morgan fingerprint density at radius 2 is 2.16 bits per heavy atom. The third-order valence-electron chi connectivity index (χ3n) is 3.18. The topological polar surface area (TPSA) is 77.3 Å². The van der Waals surface area contributed by atoms with Crippen LogP contribution >= 0.6 is 0 Å². The summed E-state index contributed by atoms with van der Waals surface area (Å²) in [6, 6.07) is 5.37. The lowest BCUT2D eigenvalue weighted by Crippen LogP contribution is -2.20. The molecule has 2 heterocycles. The number of nitrogens with two attached hydrogens (primary N) is 1. The van der Waals surface area contributed by atoms with Gasteiger partial charge in [-0.2, -0.15) is 0 Å². The van der Waals surface area contributed by atoms with Gasteiger partial charge in [0.15, 0.2) is 5.76 Å². The van der Waals surface area contributed by atoms with Crippen molar-refractivity contribution in [1.82, 2.24) is 14.5 Å². The number of benzene rings is 1. The monoisotopic (exact) mass is 258 g/mol. The van der Waals surface area contributed by atoms with Crippen LogP contribution in [0.1, 0.15) is 10.6 Å². The van der Waals surface area contributed by atoms with E-state index in [1.165, 1.54) is 4.90 Å². The van der Waals surface area contributed by atoms with E-state index in [1.54, 1.807) is 30.8 Å². The maximum Gasteiger partial charge on any atom is 0.289 e. The average molecular weight is 258 g/mol. The minimum atomic E-state index is -0.167. The highest BCUT2D eigenvalue weighted by Crippen LogP contribution is 2.29. The van der Waals surface area contributed by atoms with Crippen LogP contribution in [0.2, 0.25) is 0 Å². The van der Waals surface area contributed by atoms with Crippen LogP contribution in [0.25, 0.3) is 22.0 Å². The van der Waals surface area contributed by atoms with Gasteiger partial charge in [0.1, 0.15) is 5.58 Å². The highest BCUT2D eigenvalue weighted by atomic mass is 16.3. The van der Waals surface area contributed by atoms with Gasteiger partial charge in [0.25, 0.3) is 5.91 Å². The molecule has 2 aromatic heterocycles. The predicted octanol–water partition coefficient (Wildman–Crippen LogP) is 1.60. The highest BCUT2D eigenvalue weighted by molar-refractivity contribution is 6.06. The molecule has 0 fully saturated rings. The first-order valence-electron chi connectivity index (χ1n) is 5.85. The normalized spacial score (nSPS) is 11.3. The molecule has 0 aliphatic rings. The summed E-state index contributed by atoms with van der Waals surface area (Å²) in [6.45, 7) is 0. The minimum absolute atomic E-state index is 0.167. The molecule has 0 radical (unpaired) electrons. The van der Waals surface area contributed by atoms with E-state index in [0.29, 0.717) is 17.3 Å². The number of hydrogen-bond donors (Lipinski definition) is 1. The SMILES string of the molecule is CN(C)C(=O)c1cc2c(ccc3nc(N)n(C)c32)o1. The standard InChI is InChI=1S/C13H14N4O2/c1-16(2)12(18)10-6-7-9(19-10)5-4-8-11(7)17(3)13(14)15-8/h4-6H,1-3H3,(H2,14,15). The van der Waals surface area contributed by atoms with Gasteiger partial charge < -0.3 is 19.6 Å². The van der Waals surface area contributed by atoms with Crippen molar-refractivity contribution in [3.05, 3.63) is 24.0 Å². The van der Waals surface area contributed by atoms with E-state index >= 15 is 0 Å². The van der Waals surface area contributed by atoms with Gasteiger partial charge in [0, 0.05) is 26.5 Å². The van der Waals surface area contributed by atoms with Crippen molar-refractivity contribution in [2.45, 2.75) is 0 Å². The van der Waals surface area contributed by atoms with Crippen molar-refractivity contribution in [1.29, 1.82) is 0 Å². The number of hydrogen-bond acceptors (Lipinski definition) is 4. The predicted molar refractivity (Wildman–Crippen MR) is 72.9 cm³/mol. The number of fused-ring (bicyclic) bond motifs is 3. The van der Waals surface area contributed by atoms with E-state index in [9.17, 15) is 4.79 Å². The first kappa shape index (κ1) is 11.6. The lowest BCUT2D eigenvalue weighted by Gasteiger charge is -2.06. The average Bonchev–Trinajstić information content (AvgIpc) is 2.90. The molecular weight excluding hydrogens is 244 g/mol. The summed E-state index contributed by atoms with van der Waals surface area (Å²) in [5, 5.41) is 0.842. The number of aromatic nitrogens is 2. The lowest BCUT2D eigenvalue weighted by molar-refractivity contribution is 0.0799. The molecule has 6 nitrogen and oxygen atoms in total. The number of aryl methyl sites for hydroxylation is 1. The third-order valence-corrected chi connectivity index (χ3v) is 3.18. The number of carbonyl (C=O) groups is 1. The summed E-state index contributed by atoms with van der Waals surface area (Å²) in [5.74, 6) is 0.580. The zero-order valence-corrected chi connectivity index (χ0v) is 11.0. The van der Waals surface area contributed by atoms with Crippen LogP contribution < -0.4 is 5.73 Å². The fraction of sp³-hybridized carbons (Fsp3) is 0.231. The van der Waals surface area contributed by atoms with Gasteiger partial charge >= 0.3 is 0 Å². The summed E-state index contributed by atoms with van der Waals surface area (Å²) in [5.41, 5.74) is 8.12. The summed E-state index contributed by atoms with van der Waals surface area (Å²) in [6.07, 6.45) is 0. The lowest BCUT2D eigenvalue weighted by atomic mass is 10.2. The molecule has 3 aromatic rings. The molecule has 2 N–H and O–H groups in total. The molecule has 0 saturated carbocycles. The Kier molecular flexibility index (Phi) is 2.28. The molecule has 3 rings (SSSR count). The third kappa shape index (κ3) is 1.56. The number of nitrogen functional groups attached to an aromatic ring is 1. The zero-order valence-electron chi connectivity index (χ0n) is 11.0. The second kappa shape index (κ2) is 3.74. The van der Waals surface area contributed by atoms with E-state index in [4.69, 9.17) is 10.2 Å². The van der Waals surface area contributed by atoms with E-state index < -0.39 is 0 Å². The molecule has 0 aliphatic heterocycles. The number of furan rings is 1. The molecule has 1 amide bonds. The van der Waals surface area contributed by atoms with Crippen LogP contribution in [0.15, 0.2) is 22.6 Å². The van der Waals surface area contributed by atoms with Gasteiger partial charge in [-0.3, -0.25) is 4.79 Å². The molecule has 6 heteroatoms. The Hall–Kier alpha value is -2.50. The van der Waals surface area contributed by atoms with Crippen LogP contribution in [0, 0.1) is 0 Å². The van der Waals surface area contributed by atoms with Gasteiger partial charge in [0.05, 0.1) is 11.0 Å². The van der Waals surface area contributed by atoms with Crippen molar-refractivity contribution in [3.63, 3.8) is 0 Å². The summed E-state index contributed by atoms with van der Waals surface area (Å²) in [4.78, 5) is 17.7. The molecule has 0 aliphatic carbocycles. The quantitative estimate of drug-likeness (QED) is 0.719. The Morgan fingerprint density at radius 1 is 1.42 bits per heavy atom. The van der Waals surface area contributed by atoms with Crippen molar-refractivity contribution >= 4 is 33.9 Å². The van der Waals surface area contributed by atoms with Crippen molar-refractivity contribution in [2.24, 2.45) is 7.05 Å². The van der Waals surface area contributed by atoms with Crippen molar-refractivity contribution < 1.29 is 9.21 Å². The summed E-state index contributed by atoms with van der Waals surface area (Å²) < 4.78 is 7.38. The molecule has 0 atom stereocenters. The van der Waals surface area contributed by atoms with Crippen LogP contribution in [0.4, 0.5) is 5.95 Å². The smallest absolute Gasteiger partial charge is 0.289 e. The molecule has 0 unspecified atom stereocenters. The number of rotatable bonds is 1.